The van der Waals surface area contributed by atoms with Crippen LogP contribution in [0.5, 0.6) is 0 Å². The monoisotopic (exact) mass is 1070 g/mol. The first kappa shape index (κ1) is 78.0. The van der Waals surface area contributed by atoms with Crippen LogP contribution < -0.4 is 20.4 Å². The first-order chi connectivity index (χ1) is 30.3. The third kappa shape index (κ3) is 14.3. The molecule has 0 unspecified atom stereocenters. The molecule has 0 aromatic rings. The summed E-state index contributed by atoms with van der Waals surface area (Å²) < 4.78 is 0. The number of nitrogens with zero attached hydrogens (tertiary/aromatic N) is 16. The molecular formula is C48H116N16O4Zr. The molecule has 416 valence electrons. The average Bonchev–Trinajstić information content (AvgIpc) is 3.18. The van der Waals surface area contributed by atoms with E-state index in [1.54, 1.807) is 39.2 Å². The molecule has 0 aliphatic rings. The summed E-state index contributed by atoms with van der Waals surface area (Å²) in [7, 11) is 60.8. The minimum atomic E-state index is -1.32. The molecule has 20 nitrogen and oxygen atoms in total. The Morgan fingerprint density at radius 2 is 0.261 bits per heavy atom. The zero-order valence-corrected chi connectivity index (χ0v) is 54.6. The van der Waals surface area contributed by atoms with Crippen molar-refractivity contribution in [3.63, 3.8) is 0 Å². The summed E-state index contributed by atoms with van der Waals surface area (Å²) in [6.45, 7) is 8.22. The fraction of sp³-hybridized carbons (Fsp3) is 1.00. The Bertz CT molecular complexity index is 1100. The van der Waals surface area contributed by atoms with Gasteiger partial charge in [0.25, 0.3) is 0 Å². The van der Waals surface area contributed by atoms with Gasteiger partial charge in [-0.15, -0.1) is 0 Å². The van der Waals surface area contributed by atoms with E-state index in [-0.39, 0.29) is 26.2 Å². The van der Waals surface area contributed by atoms with E-state index in [9.17, 15) is 20.4 Å². The van der Waals surface area contributed by atoms with Crippen molar-refractivity contribution in [1.29, 1.82) is 0 Å². The first-order valence-electron chi connectivity index (χ1n) is 23.9. The molecular weight excluding hydrogens is 956 g/mol. The van der Waals surface area contributed by atoms with Gasteiger partial charge in [-0.2, -0.15) is 0 Å². The van der Waals surface area contributed by atoms with Crippen LogP contribution in [-0.2, 0) is 26.2 Å². The van der Waals surface area contributed by atoms with Crippen molar-refractivity contribution in [2.75, 3.05) is 226 Å². The zero-order chi connectivity index (χ0) is 56.1. The summed E-state index contributed by atoms with van der Waals surface area (Å²) in [6.07, 6.45) is 2.97. The van der Waals surface area contributed by atoms with Gasteiger partial charge in [0, 0.05) is 23.4 Å². The molecule has 0 radical (unpaired) electrons. The van der Waals surface area contributed by atoms with Crippen molar-refractivity contribution >= 4 is 0 Å². The molecule has 0 bridgehead atoms. The van der Waals surface area contributed by atoms with Crippen molar-refractivity contribution < 1.29 is 46.6 Å². The van der Waals surface area contributed by atoms with Gasteiger partial charge in [-0.25, -0.2) is 0 Å². The van der Waals surface area contributed by atoms with Gasteiger partial charge in [-0.05, 0) is 251 Å². The maximum absolute atomic E-state index is 13.4. The second-order valence-corrected chi connectivity index (χ2v) is 21.4. The van der Waals surface area contributed by atoms with Gasteiger partial charge < -0.3 is 59.6 Å². The molecule has 0 saturated heterocycles. The van der Waals surface area contributed by atoms with E-state index in [0.29, 0.717) is 0 Å². The first-order valence-corrected chi connectivity index (χ1v) is 23.9. The summed E-state index contributed by atoms with van der Waals surface area (Å²) in [4.78, 5) is 30.1. The zero-order valence-electron chi connectivity index (χ0n) is 52.1. The van der Waals surface area contributed by atoms with Gasteiger partial charge in [0.05, 0.1) is 22.7 Å². The van der Waals surface area contributed by atoms with Crippen LogP contribution in [0.3, 0.4) is 0 Å². The number of hydrogen-bond donors (Lipinski definition) is 0. The molecule has 0 aliphatic carbocycles. The molecule has 0 spiro atoms. The molecule has 21 heteroatoms. The SMILES string of the molecule is CCC(N(C)C)(N(C)C)C([O-])(N(C)C)N(C)C.CCC(N(C)C)(N(C)C)C([O-])(N(C)C)N(C)C.CCC(N(C)C)(N(C)C)C([O-])(N(C)C)N(C)C.CCC(N(C)C)(N(C)C)C([O-])(N(C)C)N(C)C.[Zr+4]. The predicted octanol–water partition coefficient (Wildman–Crippen LogP) is -2.59. The van der Waals surface area contributed by atoms with Crippen LogP contribution in [-0.4, -0.2) is 350 Å². The van der Waals surface area contributed by atoms with Crippen molar-refractivity contribution in [2.45, 2.75) is 99.4 Å². The molecule has 0 aromatic carbocycles. The molecule has 0 saturated carbocycles. The van der Waals surface area contributed by atoms with Crippen molar-refractivity contribution in [2.24, 2.45) is 0 Å². The smallest absolute Gasteiger partial charge is 0.824 e. The Kier molecular flexibility index (Phi) is 34.6. The van der Waals surface area contributed by atoms with E-state index in [1.807, 2.05) is 265 Å². The van der Waals surface area contributed by atoms with Crippen LogP contribution in [0.25, 0.3) is 0 Å². The summed E-state index contributed by atoms with van der Waals surface area (Å²) >= 11 is 0. The summed E-state index contributed by atoms with van der Waals surface area (Å²) in [5.74, 6) is -5.30. The Morgan fingerprint density at radius 3 is 0.275 bits per heavy atom. The van der Waals surface area contributed by atoms with Crippen molar-refractivity contribution in [3.05, 3.63) is 0 Å². The summed E-state index contributed by atoms with van der Waals surface area (Å²) in [5, 5.41) is 53.6. The minimum absolute atomic E-state index is 0. The Morgan fingerprint density at radius 1 is 0.188 bits per heavy atom. The van der Waals surface area contributed by atoms with E-state index in [2.05, 4.69) is 27.7 Å². The van der Waals surface area contributed by atoms with Crippen LogP contribution in [0.1, 0.15) is 53.4 Å². The van der Waals surface area contributed by atoms with E-state index >= 15 is 0 Å². The largest absolute Gasteiger partial charge is 4.00 e. The molecule has 0 heterocycles. The molecule has 0 aromatic heterocycles. The number of rotatable bonds is 24. The standard InChI is InChI=1S/4C12H29N4O.Zr/c4*1-10-11(13(2)3,14(4)5)12(17,15(6)7)16(8)9;/h4*10H2,1-9H3;/q4*-1;+4. The van der Waals surface area contributed by atoms with Gasteiger partial charge in [-0.3, -0.25) is 39.2 Å². The van der Waals surface area contributed by atoms with Gasteiger partial charge >= 0.3 is 26.2 Å². The van der Waals surface area contributed by atoms with E-state index in [1.165, 1.54) is 0 Å². The normalized spacial score (nSPS) is 14.3. The van der Waals surface area contributed by atoms with Crippen LogP contribution in [0.2, 0.25) is 0 Å². The number of likely N-dealkylation sites (N-methyl/N-ethyl adjacent to an activating group) is 16. The average molecular weight is 1070 g/mol. The molecule has 0 atom stereocenters. The molecule has 69 heavy (non-hydrogen) atoms. The maximum atomic E-state index is 13.4. The molecule has 0 rings (SSSR count). The van der Waals surface area contributed by atoms with E-state index in [0.717, 1.165) is 25.7 Å². The van der Waals surface area contributed by atoms with Crippen LogP contribution in [0.15, 0.2) is 0 Å². The fourth-order valence-corrected chi connectivity index (χ4v) is 11.8. The summed E-state index contributed by atoms with van der Waals surface area (Å²) in [5.41, 5.74) is -2.39. The molecule has 0 amide bonds. The second-order valence-electron chi connectivity index (χ2n) is 21.4. The van der Waals surface area contributed by atoms with Gasteiger partial charge in [0.1, 0.15) is 0 Å². The third-order valence-corrected chi connectivity index (χ3v) is 14.8. The Balaban J connectivity index is -0.000000263. The third-order valence-electron chi connectivity index (χ3n) is 14.8. The maximum Gasteiger partial charge on any atom is 4.00 e. The van der Waals surface area contributed by atoms with Crippen molar-refractivity contribution in [3.8, 4) is 0 Å². The predicted molar refractivity (Wildman–Crippen MR) is 282 cm³/mol. The molecule has 0 N–H and O–H groups in total. The van der Waals surface area contributed by atoms with Crippen molar-refractivity contribution in [1.82, 2.24) is 78.4 Å². The van der Waals surface area contributed by atoms with Gasteiger partial charge in [-0.1, -0.05) is 27.7 Å². The van der Waals surface area contributed by atoms with Gasteiger partial charge in [0.2, 0.25) is 0 Å². The fourth-order valence-electron chi connectivity index (χ4n) is 11.8. The van der Waals surface area contributed by atoms with Crippen LogP contribution in [0.4, 0.5) is 0 Å². The Hall–Kier alpha value is 0.0831. The van der Waals surface area contributed by atoms with E-state index < -0.39 is 46.0 Å². The quantitative estimate of drug-likeness (QED) is 0.0933. The second kappa shape index (κ2) is 30.6. The number of hydrogen-bond acceptors (Lipinski definition) is 20. The molecule has 0 aliphatic heterocycles. The van der Waals surface area contributed by atoms with Crippen LogP contribution >= 0.6 is 0 Å². The van der Waals surface area contributed by atoms with E-state index in [4.69, 9.17) is 0 Å². The topological polar surface area (TPSA) is 144 Å². The van der Waals surface area contributed by atoms with Gasteiger partial charge in [0.15, 0.2) is 0 Å². The minimum Gasteiger partial charge on any atom is -0.824 e. The van der Waals surface area contributed by atoms with Crippen LogP contribution in [0, 0.1) is 0 Å². The Labute approximate surface area is 447 Å². The molecule has 0 fully saturated rings. The summed E-state index contributed by atoms with van der Waals surface area (Å²) in [6, 6.07) is 0.